The predicted octanol–water partition coefficient (Wildman–Crippen LogP) is 3.23. The number of nitrogens with zero attached hydrogens (tertiary/aromatic N) is 2. The number of fused-ring (bicyclic) bond motifs is 5. The lowest BCUT2D eigenvalue weighted by Crippen LogP contribution is -2.64. The molecule has 1 aliphatic heterocycles. The third kappa shape index (κ3) is 2.74. The zero-order valence-electron chi connectivity index (χ0n) is 18.5. The van der Waals surface area contributed by atoms with Crippen LogP contribution >= 0.6 is 0 Å². The Morgan fingerprint density at radius 2 is 1.93 bits per heavy atom. The summed E-state index contributed by atoms with van der Waals surface area (Å²) in [6, 6.07) is 0.574. The van der Waals surface area contributed by atoms with Gasteiger partial charge in [0.2, 0.25) is 6.41 Å². The van der Waals surface area contributed by atoms with E-state index in [-0.39, 0.29) is 16.9 Å². The molecule has 5 fully saturated rings. The maximum Gasteiger partial charge on any atom is 0.207 e. The summed E-state index contributed by atoms with van der Waals surface area (Å²) in [4.78, 5) is 26.9. The van der Waals surface area contributed by atoms with E-state index >= 15 is 0 Å². The molecule has 6 nitrogen and oxygen atoms in total. The molecule has 2 N–H and O–H groups in total. The maximum atomic E-state index is 12.8. The molecule has 1 amide bonds. The molecule has 0 radical (unpaired) electrons. The molecule has 30 heavy (non-hydrogen) atoms. The fraction of sp³-hybridized carbons (Fsp3) is 0.875. The number of oxime groups is 1. The highest BCUT2D eigenvalue weighted by atomic mass is 16.4. The standard InChI is InChI=1S/C24H37N3O3/c1-23-8-7-18-22(17(23)5-6-21(23)29)19(25-14-28)12-15-11-16(27-9-3-4-10-27)13-20(26-30)24(15,18)2/h14-19,22,30H,3-13H2,1-2H3,(H,25,28)/t15?,16?,17-,18+,19?,22-,23-,24-/m0/s1. The largest absolute Gasteiger partial charge is 0.411 e. The summed E-state index contributed by atoms with van der Waals surface area (Å²) in [5.74, 6) is 1.81. The fourth-order valence-electron chi connectivity index (χ4n) is 8.68. The van der Waals surface area contributed by atoms with Crippen molar-refractivity contribution in [2.75, 3.05) is 13.1 Å². The van der Waals surface area contributed by atoms with Crippen LogP contribution in [0.4, 0.5) is 0 Å². The number of hydrogen-bond acceptors (Lipinski definition) is 5. The van der Waals surface area contributed by atoms with E-state index in [0.717, 1.165) is 63.7 Å². The van der Waals surface area contributed by atoms with E-state index in [2.05, 4.69) is 29.2 Å². The topological polar surface area (TPSA) is 82.0 Å². The van der Waals surface area contributed by atoms with Gasteiger partial charge in [0, 0.05) is 35.8 Å². The Morgan fingerprint density at radius 3 is 2.63 bits per heavy atom. The lowest BCUT2D eigenvalue weighted by atomic mass is 9.43. The minimum absolute atomic E-state index is 0.123. The first-order chi connectivity index (χ1) is 14.4. The molecule has 4 aliphatic carbocycles. The summed E-state index contributed by atoms with van der Waals surface area (Å²) in [5.41, 5.74) is 0.600. The third-order valence-corrected chi connectivity index (χ3v) is 10.3. The first kappa shape index (κ1) is 20.5. The van der Waals surface area contributed by atoms with Crippen molar-refractivity contribution in [3.05, 3.63) is 0 Å². The number of ketones is 1. The normalized spacial score (nSPS) is 50.1. The number of Topliss-reactive ketones (excluding diaryl/α,β-unsaturated/α-hetero) is 1. The van der Waals surface area contributed by atoms with Crippen LogP contribution in [0.5, 0.6) is 0 Å². The van der Waals surface area contributed by atoms with Crippen molar-refractivity contribution in [3.63, 3.8) is 0 Å². The number of carbonyl (C=O) groups is 2. The molecule has 0 aromatic carbocycles. The highest BCUT2D eigenvalue weighted by Crippen LogP contribution is 2.65. The van der Waals surface area contributed by atoms with E-state index in [1.165, 1.54) is 12.8 Å². The lowest BCUT2D eigenvalue weighted by molar-refractivity contribution is -0.136. The van der Waals surface area contributed by atoms with Gasteiger partial charge in [0.05, 0.1) is 5.71 Å². The second kappa shape index (κ2) is 7.32. The number of amides is 1. The van der Waals surface area contributed by atoms with Crippen molar-refractivity contribution in [3.8, 4) is 0 Å². The summed E-state index contributed by atoms with van der Waals surface area (Å²) in [6.45, 7) is 6.80. The molecule has 5 aliphatic rings. The number of rotatable bonds is 3. The lowest BCUT2D eigenvalue weighted by Gasteiger charge is -2.62. The Hall–Kier alpha value is -1.43. The molecular formula is C24H37N3O3. The van der Waals surface area contributed by atoms with Crippen LogP contribution in [-0.2, 0) is 9.59 Å². The molecule has 4 saturated carbocycles. The van der Waals surface area contributed by atoms with Crippen molar-refractivity contribution < 1.29 is 14.8 Å². The quantitative estimate of drug-likeness (QED) is 0.421. The van der Waals surface area contributed by atoms with Gasteiger partial charge >= 0.3 is 0 Å². The van der Waals surface area contributed by atoms with Gasteiger partial charge in [0.15, 0.2) is 0 Å². The van der Waals surface area contributed by atoms with Gasteiger partial charge in [-0.1, -0.05) is 19.0 Å². The van der Waals surface area contributed by atoms with Crippen LogP contribution in [-0.4, -0.2) is 53.2 Å². The van der Waals surface area contributed by atoms with Gasteiger partial charge in [-0.15, -0.1) is 0 Å². The van der Waals surface area contributed by atoms with E-state index in [0.29, 0.717) is 41.9 Å². The second-order valence-corrected chi connectivity index (χ2v) is 11.2. The molecule has 8 atom stereocenters. The Labute approximate surface area is 179 Å². The van der Waals surface area contributed by atoms with Crippen LogP contribution < -0.4 is 5.32 Å². The first-order valence-electron chi connectivity index (χ1n) is 12.1. The van der Waals surface area contributed by atoms with Crippen molar-refractivity contribution in [1.82, 2.24) is 10.2 Å². The second-order valence-electron chi connectivity index (χ2n) is 11.2. The van der Waals surface area contributed by atoms with E-state index in [1.807, 2.05) is 0 Å². The Kier molecular flexibility index (Phi) is 4.99. The molecule has 6 heteroatoms. The third-order valence-electron chi connectivity index (χ3n) is 10.3. The van der Waals surface area contributed by atoms with Gasteiger partial charge in [-0.2, -0.15) is 0 Å². The molecule has 166 valence electrons. The van der Waals surface area contributed by atoms with Crippen LogP contribution in [0.15, 0.2) is 5.16 Å². The predicted molar refractivity (Wildman–Crippen MR) is 114 cm³/mol. The zero-order valence-corrected chi connectivity index (χ0v) is 18.5. The molecule has 0 spiro atoms. The van der Waals surface area contributed by atoms with Crippen LogP contribution in [0.2, 0.25) is 0 Å². The van der Waals surface area contributed by atoms with Gasteiger partial charge in [-0.3, -0.25) is 14.5 Å². The van der Waals surface area contributed by atoms with Crippen LogP contribution in [0.3, 0.4) is 0 Å². The number of carbonyl (C=O) groups excluding carboxylic acids is 2. The smallest absolute Gasteiger partial charge is 0.207 e. The summed E-state index contributed by atoms with van der Waals surface area (Å²) < 4.78 is 0. The van der Waals surface area contributed by atoms with Gasteiger partial charge < -0.3 is 10.5 Å². The van der Waals surface area contributed by atoms with Crippen molar-refractivity contribution >= 4 is 17.9 Å². The molecule has 0 aromatic heterocycles. The first-order valence-corrected chi connectivity index (χ1v) is 12.1. The summed E-state index contributed by atoms with van der Waals surface area (Å²) >= 11 is 0. The van der Waals surface area contributed by atoms with E-state index < -0.39 is 0 Å². The van der Waals surface area contributed by atoms with Gasteiger partial charge in [0.25, 0.3) is 0 Å². The summed E-state index contributed by atoms with van der Waals surface area (Å²) in [6.07, 6.45) is 9.84. The number of hydrogen-bond donors (Lipinski definition) is 2. The Bertz CT molecular complexity index is 748. The molecule has 1 heterocycles. The van der Waals surface area contributed by atoms with Crippen LogP contribution in [0.1, 0.15) is 71.6 Å². The monoisotopic (exact) mass is 415 g/mol. The molecule has 1 saturated heterocycles. The number of nitrogens with one attached hydrogen (secondary N) is 1. The van der Waals surface area contributed by atoms with E-state index in [4.69, 9.17) is 0 Å². The van der Waals surface area contributed by atoms with Crippen molar-refractivity contribution in [1.29, 1.82) is 0 Å². The number of likely N-dealkylation sites (tertiary alicyclic amines) is 1. The van der Waals surface area contributed by atoms with Gasteiger partial charge in [-0.25, -0.2) is 0 Å². The average molecular weight is 416 g/mol. The van der Waals surface area contributed by atoms with Crippen LogP contribution in [0, 0.1) is 34.5 Å². The minimum atomic E-state index is -0.240. The molecule has 0 bridgehead atoms. The Morgan fingerprint density at radius 1 is 1.17 bits per heavy atom. The maximum absolute atomic E-state index is 12.8. The molecule has 5 rings (SSSR count). The highest BCUT2D eigenvalue weighted by Gasteiger charge is 2.64. The Balaban J connectivity index is 1.51. The molecule has 3 unspecified atom stereocenters. The van der Waals surface area contributed by atoms with Gasteiger partial charge in [-0.05, 0) is 81.7 Å². The van der Waals surface area contributed by atoms with E-state index in [9.17, 15) is 14.8 Å². The van der Waals surface area contributed by atoms with Crippen LogP contribution in [0.25, 0.3) is 0 Å². The molecular weight excluding hydrogens is 378 g/mol. The SMILES string of the molecule is C[C@]12C(=NO)CC(N3CCCC3)CC1CC(NC=O)[C@@H]1[C@H]2CC[C@]2(C)C(=O)CC[C@@H]12. The fourth-order valence-corrected chi connectivity index (χ4v) is 8.68. The van der Waals surface area contributed by atoms with Crippen molar-refractivity contribution in [2.45, 2.75) is 83.7 Å². The summed E-state index contributed by atoms with van der Waals surface area (Å²) in [5, 5.41) is 17.3. The summed E-state index contributed by atoms with van der Waals surface area (Å²) in [7, 11) is 0. The minimum Gasteiger partial charge on any atom is -0.411 e. The molecule has 0 aromatic rings. The zero-order chi connectivity index (χ0) is 21.1. The van der Waals surface area contributed by atoms with Crippen molar-refractivity contribution in [2.24, 2.45) is 39.7 Å². The van der Waals surface area contributed by atoms with Gasteiger partial charge in [0.1, 0.15) is 5.78 Å². The highest BCUT2D eigenvalue weighted by molar-refractivity contribution is 5.92. The van der Waals surface area contributed by atoms with E-state index in [1.54, 1.807) is 0 Å². The average Bonchev–Trinajstić information content (AvgIpc) is 3.37.